The zero-order chi connectivity index (χ0) is 26.3. The highest BCUT2D eigenvalue weighted by Gasteiger charge is 2.27. The van der Waals surface area contributed by atoms with Gasteiger partial charge in [-0.05, 0) is 83.9 Å². The smallest absolute Gasteiger partial charge is 0.264 e. The van der Waals surface area contributed by atoms with Gasteiger partial charge in [-0.3, -0.25) is 9.10 Å². The number of amides is 1. The maximum Gasteiger partial charge on any atom is 0.264 e. The SMILES string of the molecule is CCOc1ccc(S(=O)(=O)N(CC(=O)N/N=C\c2cc(Br)c(O)c(OC)c2)c2ccc(C)cc2)cc1. The van der Waals surface area contributed by atoms with E-state index in [-0.39, 0.29) is 16.4 Å². The third-order valence-electron chi connectivity index (χ3n) is 5.01. The van der Waals surface area contributed by atoms with E-state index in [0.717, 1.165) is 9.87 Å². The topological polar surface area (TPSA) is 118 Å². The van der Waals surface area contributed by atoms with Gasteiger partial charge in [0.2, 0.25) is 0 Å². The van der Waals surface area contributed by atoms with E-state index in [1.165, 1.54) is 31.5 Å². The summed E-state index contributed by atoms with van der Waals surface area (Å²) in [7, 11) is -2.66. The largest absolute Gasteiger partial charge is 0.503 e. The molecule has 2 N–H and O–H groups in total. The van der Waals surface area contributed by atoms with Crippen LogP contribution in [0.3, 0.4) is 0 Å². The molecule has 0 atom stereocenters. The number of aromatic hydroxyl groups is 1. The van der Waals surface area contributed by atoms with Gasteiger partial charge in [-0.15, -0.1) is 0 Å². The fourth-order valence-corrected chi connectivity index (χ4v) is 5.08. The molecule has 190 valence electrons. The van der Waals surface area contributed by atoms with Crippen LogP contribution in [0.4, 0.5) is 5.69 Å². The summed E-state index contributed by atoms with van der Waals surface area (Å²) in [6.45, 7) is 3.67. The molecule has 0 radical (unpaired) electrons. The average Bonchev–Trinajstić information content (AvgIpc) is 2.85. The first-order chi connectivity index (χ1) is 17.1. The minimum atomic E-state index is -4.08. The number of hydrogen-bond acceptors (Lipinski definition) is 7. The second kappa shape index (κ2) is 11.9. The van der Waals surface area contributed by atoms with Gasteiger partial charge >= 0.3 is 0 Å². The van der Waals surface area contributed by atoms with E-state index < -0.39 is 22.5 Å². The van der Waals surface area contributed by atoms with Crippen LogP contribution < -0.4 is 19.2 Å². The van der Waals surface area contributed by atoms with Gasteiger partial charge in [-0.25, -0.2) is 13.8 Å². The normalized spacial score (nSPS) is 11.3. The van der Waals surface area contributed by atoms with Crippen molar-refractivity contribution in [1.82, 2.24) is 5.43 Å². The number of halogens is 1. The van der Waals surface area contributed by atoms with Crippen molar-refractivity contribution in [2.75, 3.05) is 24.6 Å². The summed E-state index contributed by atoms with van der Waals surface area (Å²) < 4.78 is 38.9. The van der Waals surface area contributed by atoms with E-state index in [2.05, 4.69) is 26.5 Å². The van der Waals surface area contributed by atoms with Crippen molar-refractivity contribution in [3.05, 3.63) is 76.3 Å². The summed E-state index contributed by atoms with van der Waals surface area (Å²) in [6.07, 6.45) is 1.35. The van der Waals surface area contributed by atoms with E-state index in [1.807, 2.05) is 13.8 Å². The summed E-state index contributed by atoms with van der Waals surface area (Å²) >= 11 is 3.22. The number of ether oxygens (including phenoxy) is 2. The van der Waals surface area contributed by atoms with Crippen molar-refractivity contribution >= 4 is 43.8 Å². The number of rotatable bonds is 10. The van der Waals surface area contributed by atoms with Crippen molar-refractivity contribution in [1.29, 1.82) is 0 Å². The molecule has 0 heterocycles. The zero-order valence-corrected chi connectivity index (χ0v) is 22.3. The molecule has 0 fully saturated rings. The van der Waals surface area contributed by atoms with E-state index in [1.54, 1.807) is 42.5 Å². The second-order valence-corrected chi connectivity index (χ2v) is 10.3. The standard InChI is InChI=1S/C25H26BrN3O6S/c1-4-35-20-9-11-21(12-10-20)36(32,33)29(19-7-5-17(2)6-8-19)16-24(30)28-27-15-18-13-22(26)25(31)23(14-18)34-3/h5-15,31H,4,16H2,1-3H3,(H,28,30)/b27-15-. The van der Waals surface area contributed by atoms with Crippen LogP contribution in [-0.2, 0) is 14.8 Å². The third-order valence-corrected chi connectivity index (χ3v) is 7.40. The Balaban J connectivity index is 1.83. The fourth-order valence-electron chi connectivity index (χ4n) is 3.20. The van der Waals surface area contributed by atoms with Gasteiger partial charge in [0.05, 0.1) is 35.0 Å². The van der Waals surface area contributed by atoms with Crippen LogP contribution in [-0.4, -0.2) is 45.9 Å². The van der Waals surface area contributed by atoms with E-state index in [0.29, 0.717) is 28.1 Å². The molecule has 9 nitrogen and oxygen atoms in total. The van der Waals surface area contributed by atoms with Gasteiger partial charge in [0.15, 0.2) is 11.5 Å². The first kappa shape index (κ1) is 27.0. The molecular formula is C25H26BrN3O6S. The van der Waals surface area contributed by atoms with E-state index >= 15 is 0 Å². The molecule has 0 saturated heterocycles. The Hall–Kier alpha value is -3.57. The number of nitrogens with one attached hydrogen (secondary N) is 1. The van der Waals surface area contributed by atoms with Crippen LogP contribution in [0.5, 0.6) is 17.2 Å². The Kier molecular flexibility index (Phi) is 8.94. The molecule has 0 aromatic heterocycles. The minimum Gasteiger partial charge on any atom is -0.503 e. The lowest BCUT2D eigenvalue weighted by atomic mass is 10.2. The molecule has 36 heavy (non-hydrogen) atoms. The minimum absolute atomic E-state index is 0.0175. The molecule has 1 amide bonds. The zero-order valence-electron chi connectivity index (χ0n) is 19.9. The summed E-state index contributed by atoms with van der Waals surface area (Å²) in [5.74, 6) is 0.0603. The average molecular weight is 576 g/mol. The second-order valence-electron chi connectivity index (χ2n) is 7.60. The van der Waals surface area contributed by atoms with Crippen LogP contribution >= 0.6 is 15.9 Å². The molecule has 0 aliphatic carbocycles. The Labute approximate surface area is 218 Å². The maximum atomic E-state index is 13.5. The van der Waals surface area contributed by atoms with Gasteiger partial charge in [0.1, 0.15) is 12.3 Å². The number of methoxy groups -OCH3 is 1. The Bertz CT molecular complexity index is 1340. The lowest BCUT2D eigenvalue weighted by molar-refractivity contribution is -0.119. The van der Waals surface area contributed by atoms with Crippen LogP contribution in [0, 0.1) is 6.92 Å². The molecule has 0 bridgehead atoms. The number of sulfonamides is 1. The molecule has 3 aromatic carbocycles. The van der Waals surface area contributed by atoms with Crippen LogP contribution in [0.25, 0.3) is 0 Å². The number of carbonyl (C=O) groups excluding carboxylic acids is 1. The number of phenols is 1. The Morgan fingerprint density at radius 3 is 2.42 bits per heavy atom. The molecule has 0 aliphatic heterocycles. The lowest BCUT2D eigenvalue weighted by Crippen LogP contribution is -2.39. The highest BCUT2D eigenvalue weighted by atomic mass is 79.9. The van der Waals surface area contributed by atoms with Crippen molar-refractivity contribution in [3.8, 4) is 17.2 Å². The number of anilines is 1. The molecule has 0 saturated carbocycles. The first-order valence-corrected chi connectivity index (χ1v) is 13.1. The quantitative estimate of drug-likeness (QED) is 0.276. The van der Waals surface area contributed by atoms with Crippen molar-refractivity contribution in [3.63, 3.8) is 0 Å². The highest BCUT2D eigenvalue weighted by Crippen LogP contribution is 2.34. The number of hydrazone groups is 1. The molecule has 3 rings (SSSR count). The van der Waals surface area contributed by atoms with E-state index in [9.17, 15) is 18.3 Å². The number of aryl methyl sites for hydroxylation is 1. The summed E-state index contributed by atoms with van der Waals surface area (Å²) in [5.41, 5.74) is 4.17. The summed E-state index contributed by atoms with van der Waals surface area (Å²) in [5, 5.41) is 13.8. The molecule has 11 heteroatoms. The van der Waals surface area contributed by atoms with Crippen molar-refractivity contribution < 1.29 is 27.8 Å². The molecule has 0 aliphatic rings. The van der Waals surface area contributed by atoms with Crippen LogP contribution in [0.1, 0.15) is 18.1 Å². The van der Waals surface area contributed by atoms with Crippen molar-refractivity contribution in [2.45, 2.75) is 18.7 Å². The summed E-state index contributed by atoms with van der Waals surface area (Å²) in [4.78, 5) is 12.7. The number of carbonyl (C=O) groups is 1. The maximum absolute atomic E-state index is 13.5. The van der Waals surface area contributed by atoms with Gasteiger partial charge in [-0.2, -0.15) is 5.10 Å². The van der Waals surface area contributed by atoms with E-state index in [4.69, 9.17) is 9.47 Å². The number of nitrogens with zero attached hydrogens (tertiary/aromatic N) is 2. The van der Waals surface area contributed by atoms with Gasteiger partial charge in [0, 0.05) is 0 Å². The fraction of sp³-hybridized carbons (Fsp3) is 0.200. The number of hydrogen-bond donors (Lipinski definition) is 2. The molecule has 0 spiro atoms. The van der Waals surface area contributed by atoms with Crippen molar-refractivity contribution in [2.24, 2.45) is 5.10 Å². The molecular weight excluding hydrogens is 550 g/mol. The monoisotopic (exact) mass is 575 g/mol. The summed E-state index contributed by atoms with van der Waals surface area (Å²) in [6, 6.07) is 15.9. The van der Waals surface area contributed by atoms with Crippen LogP contribution in [0.2, 0.25) is 0 Å². The third kappa shape index (κ3) is 6.55. The van der Waals surface area contributed by atoms with Crippen LogP contribution in [0.15, 0.2) is 75.1 Å². The molecule has 3 aromatic rings. The first-order valence-electron chi connectivity index (χ1n) is 10.9. The Morgan fingerprint density at radius 1 is 1.14 bits per heavy atom. The number of benzene rings is 3. The number of phenolic OH excluding ortho intramolecular Hbond substituents is 1. The lowest BCUT2D eigenvalue weighted by Gasteiger charge is -2.24. The predicted octanol–water partition coefficient (Wildman–Crippen LogP) is 4.22. The van der Waals surface area contributed by atoms with Gasteiger partial charge in [0.25, 0.3) is 15.9 Å². The molecule has 0 unspecified atom stereocenters. The Morgan fingerprint density at radius 2 is 1.81 bits per heavy atom. The van der Waals surface area contributed by atoms with Gasteiger partial charge < -0.3 is 14.6 Å². The predicted molar refractivity (Wildman–Crippen MR) is 141 cm³/mol. The highest BCUT2D eigenvalue weighted by molar-refractivity contribution is 9.10. The van der Waals surface area contributed by atoms with Gasteiger partial charge in [-0.1, -0.05) is 17.7 Å².